The number of thioether (sulfide) groups is 1. The number of nitrogens with one attached hydrogen (secondary N) is 1. The summed E-state index contributed by atoms with van der Waals surface area (Å²) in [6, 6.07) is 23.3. The van der Waals surface area contributed by atoms with Gasteiger partial charge in [-0.05, 0) is 66.6 Å². The van der Waals surface area contributed by atoms with Gasteiger partial charge in [0.25, 0.3) is 5.91 Å². The lowest BCUT2D eigenvalue weighted by Crippen LogP contribution is -2.28. The zero-order valence-corrected chi connectivity index (χ0v) is 17.2. The lowest BCUT2D eigenvalue weighted by atomic mass is 10.1. The summed E-state index contributed by atoms with van der Waals surface area (Å²) in [4.78, 5) is 13.4. The minimum atomic E-state index is -0.0928. The lowest BCUT2D eigenvalue weighted by Gasteiger charge is -2.09. The SMILES string of the molecule is Cc1cccc(OCCNC(=O)c2ccc(CSc3ccc(Cl)cc3)cc2)c1. The van der Waals surface area contributed by atoms with Crippen molar-refractivity contribution in [2.24, 2.45) is 0 Å². The second-order valence-electron chi connectivity index (χ2n) is 6.36. The van der Waals surface area contributed by atoms with Crippen molar-refractivity contribution in [1.82, 2.24) is 5.32 Å². The van der Waals surface area contributed by atoms with Crippen molar-refractivity contribution in [3.05, 3.63) is 94.5 Å². The Bertz CT molecular complexity index is 911. The predicted molar refractivity (Wildman–Crippen MR) is 116 cm³/mol. The number of aryl methyl sites for hydroxylation is 1. The minimum absolute atomic E-state index is 0.0928. The van der Waals surface area contributed by atoms with Crippen molar-refractivity contribution in [2.45, 2.75) is 17.6 Å². The highest BCUT2D eigenvalue weighted by atomic mass is 35.5. The van der Waals surface area contributed by atoms with E-state index in [-0.39, 0.29) is 5.91 Å². The molecule has 0 saturated carbocycles. The molecule has 0 saturated heterocycles. The molecule has 0 aliphatic heterocycles. The Morgan fingerprint density at radius 2 is 1.79 bits per heavy atom. The molecule has 3 aromatic rings. The molecule has 3 rings (SSSR count). The monoisotopic (exact) mass is 411 g/mol. The van der Waals surface area contributed by atoms with Gasteiger partial charge in [-0.3, -0.25) is 4.79 Å². The molecule has 0 unspecified atom stereocenters. The standard InChI is InChI=1S/C23H22ClNO2S/c1-17-3-2-4-21(15-17)27-14-13-25-23(26)19-7-5-18(6-8-19)16-28-22-11-9-20(24)10-12-22/h2-12,15H,13-14,16H2,1H3,(H,25,26). The van der Waals surface area contributed by atoms with Gasteiger partial charge in [-0.1, -0.05) is 35.9 Å². The third kappa shape index (κ3) is 6.32. The van der Waals surface area contributed by atoms with Crippen molar-refractivity contribution >= 4 is 29.3 Å². The average Bonchev–Trinajstić information content (AvgIpc) is 2.71. The van der Waals surface area contributed by atoms with Crippen molar-refractivity contribution in [3.63, 3.8) is 0 Å². The zero-order chi connectivity index (χ0) is 19.8. The topological polar surface area (TPSA) is 38.3 Å². The maximum Gasteiger partial charge on any atom is 0.251 e. The second-order valence-corrected chi connectivity index (χ2v) is 7.85. The number of rotatable bonds is 8. The fraction of sp³-hybridized carbons (Fsp3) is 0.174. The molecule has 3 aromatic carbocycles. The Hall–Kier alpha value is -2.43. The molecule has 0 aliphatic rings. The van der Waals surface area contributed by atoms with Gasteiger partial charge in [0, 0.05) is 21.2 Å². The smallest absolute Gasteiger partial charge is 0.251 e. The molecule has 0 heterocycles. The van der Waals surface area contributed by atoms with Crippen LogP contribution in [-0.2, 0) is 5.75 Å². The largest absolute Gasteiger partial charge is 0.492 e. The number of hydrogen-bond donors (Lipinski definition) is 1. The highest BCUT2D eigenvalue weighted by Gasteiger charge is 2.05. The molecule has 1 N–H and O–H groups in total. The van der Waals surface area contributed by atoms with Crippen LogP contribution >= 0.6 is 23.4 Å². The van der Waals surface area contributed by atoms with Gasteiger partial charge in [0.15, 0.2) is 0 Å². The highest BCUT2D eigenvalue weighted by molar-refractivity contribution is 7.98. The number of benzene rings is 3. The van der Waals surface area contributed by atoms with E-state index in [0.29, 0.717) is 18.7 Å². The first-order valence-electron chi connectivity index (χ1n) is 9.05. The van der Waals surface area contributed by atoms with Gasteiger partial charge in [-0.15, -0.1) is 11.8 Å². The number of carbonyl (C=O) groups excluding carboxylic acids is 1. The summed E-state index contributed by atoms with van der Waals surface area (Å²) in [6.07, 6.45) is 0. The fourth-order valence-corrected chi connectivity index (χ4v) is 3.57. The molecule has 28 heavy (non-hydrogen) atoms. The molecule has 0 radical (unpaired) electrons. The van der Waals surface area contributed by atoms with Crippen molar-refractivity contribution in [2.75, 3.05) is 13.2 Å². The van der Waals surface area contributed by atoms with Crippen LogP contribution in [0.4, 0.5) is 0 Å². The Kier molecular flexibility index (Phi) is 7.40. The third-order valence-electron chi connectivity index (χ3n) is 4.08. The Morgan fingerprint density at radius 3 is 2.50 bits per heavy atom. The molecular weight excluding hydrogens is 390 g/mol. The van der Waals surface area contributed by atoms with E-state index < -0.39 is 0 Å². The Morgan fingerprint density at radius 1 is 1.04 bits per heavy atom. The first kappa shape index (κ1) is 20.3. The number of amides is 1. The Balaban J connectivity index is 1.42. The first-order valence-corrected chi connectivity index (χ1v) is 10.4. The van der Waals surface area contributed by atoms with E-state index in [1.165, 1.54) is 10.5 Å². The first-order chi connectivity index (χ1) is 13.6. The van der Waals surface area contributed by atoms with Gasteiger partial charge < -0.3 is 10.1 Å². The number of ether oxygens (including phenoxy) is 1. The van der Waals surface area contributed by atoms with Crippen LogP contribution < -0.4 is 10.1 Å². The van der Waals surface area contributed by atoms with Gasteiger partial charge in [-0.25, -0.2) is 0 Å². The van der Waals surface area contributed by atoms with Crippen molar-refractivity contribution in [3.8, 4) is 5.75 Å². The van der Waals surface area contributed by atoms with Crippen LogP contribution in [0.15, 0.2) is 77.7 Å². The van der Waals surface area contributed by atoms with Crippen LogP contribution in [0.1, 0.15) is 21.5 Å². The number of halogens is 1. The number of hydrogen-bond acceptors (Lipinski definition) is 3. The summed E-state index contributed by atoms with van der Waals surface area (Å²) < 4.78 is 5.65. The predicted octanol–water partition coefficient (Wildman–Crippen LogP) is 5.75. The van der Waals surface area contributed by atoms with Crippen LogP contribution in [0.2, 0.25) is 5.02 Å². The van der Waals surface area contributed by atoms with E-state index in [4.69, 9.17) is 16.3 Å². The van der Waals surface area contributed by atoms with Crippen LogP contribution in [0.3, 0.4) is 0 Å². The van der Waals surface area contributed by atoms with Crippen molar-refractivity contribution in [1.29, 1.82) is 0 Å². The van der Waals surface area contributed by atoms with Gasteiger partial charge >= 0.3 is 0 Å². The van der Waals surface area contributed by atoms with E-state index in [9.17, 15) is 4.79 Å². The summed E-state index contributed by atoms with van der Waals surface area (Å²) in [5.41, 5.74) is 2.96. The molecule has 144 valence electrons. The molecule has 0 spiro atoms. The molecule has 5 heteroatoms. The van der Waals surface area contributed by atoms with Gasteiger partial charge in [0.1, 0.15) is 12.4 Å². The maximum absolute atomic E-state index is 12.2. The van der Waals surface area contributed by atoms with Crippen molar-refractivity contribution < 1.29 is 9.53 Å². The third-order valence-corrected chi connectivity index (χ3v) is 5.42. The summed E-state index contributed by atoms with van der Waals surface area (Å²) in [5, 5.41) is 3.62. The number of carbonyl (C=O) groups is 1. The summed E-state index contributed by atoms with van der Waals surface area (Å²) >= 11 is 7.64. The maximum atomic E-state index is 12.2. The summed E-state index contributed by atoms with van der Waals surface area (Å²) in [5.74, 6) is 1.56. The van der Waals surface area contributed by atoms with E-state index in [0.717, 1.165) is 22.1 Å². The van der Waals surface area contributed by atoms with Crippen LogP contribution in [-0.4, -0.2) is 19.1 Å². The normalized spacial score (nSPS) is 10.5. The van der Waals surface area contributed by atoms with E-state index in [1.54, 1.807) is 11.8 Å². The molecule has 3 nitrogen and oxygen atoms in total. The highest BCUT2D eigenvalue weighted by Crippen LogP contribution is 2.24. The zero-order valence-electron chi connectivity index (χ0n) is 15.7. The molecule has 0 aromatic heterocycles. The molecule has 1 amide bonds. The second kappa shape index (κ2) is 10.2. The summed E-state index contributed by atoms with van der Waals surface area (Å²) in [6.45, 7) is 2.91. The molecule has 0 atom stereocenters. The summed E-state index contributed by atoms with van der Waals surface area (Å²) in [7, 11) is 0. The van der Waals surface area contributed by atoms with Gasteiger partial charge in [-0.2, -0.15) is 0 Å². The van der Waals surface area contributed by atoms with Gasteiger partial charge in [0.2, 0.25) is 0 Å². The van der Waals surface area contributed by atoms with Gasteiger partial charge in [0.05, 0.1) is 6.54 Å². The van der Waals surface area contributed by atoms with Crippen LogP contribution in [0.5, 0.6) is 5.75 Å². The average molecular weight is 412 g/mol. The molecular formula is C23H22ClNO2S. The van der Waals surface area contributed by atoms with Crippen LogP contribution in [0.25, 0.3) is 0 Å². The van der Waals surface area contributed by atoms with E-state index >= 15 is 0 Å². The van der Waals surface area contributed by atoms with E-state index in [2.05, 4.69) is 5.32 Å². The minimum Gasteiger partial charge on any atom is -0.492 e. The van der Waals surface area contributed by atoms with E-state index in [1.807, 2.05) is 79.7 Å². The molecule has 0 fully saturated rings. The quantitative estimate of drug-likeness (QED) is 0.379. The fourth-order valence-electron chi connectivity index (χ4n) is 2.59. The molecule has 0 bridgehead atoms. The van der Waals surface area contributed by atoms with Crippen LogP contribution in [0, 0.1) is 6.92 Å². The lowest BCUT2D eigenvalue weighted by molar-refractivity contribution is 0.0947. The Labute approximate surface area is 175 Å². The molecule has 0 aliphatic carbocycles.